The second-order valence-corrected chi connectivity index (χ2v) is 10.9. The third-order valence-corrected chi connectivity index (χ3v) is 9.99. The molecule has 0 aliphatic heterocycles. The Kier molecular flexibility index (Phi) is 7.23. The van der Waals surface area contributed by atoms with Crippen LogP contribution in [0, 0.1) is 40.4 Å². The van der Waals surface area contributed by atoms with E-state index >= 15 is 0 Å². The fraction of sp³-hybridized carbons (Fsp3) is 0.793. The van der Waals surface area contributed by atoms with Gasteiger partial charge in [0.25, 0.3) is 0 Å². The average Bonchev–Trinajstić information content (AvgIpc) is 3.07. The quantitative estimate of drug-likeness (QED) is 0.328. The zero-order chi connectivity index (χ0) is 21.2. The minimum absolute atomic E-state index is 0.536. The SMILES string of the molecule is C=CCCCC1CCC2C3C(=C)/C(=C\C)C4CCCCC4(C)C3CCC12C.CC. The first-order valence-electron chi connectivity index (χ1n) is 12.9. The van der Waals surface area contributed by atoms with E-state index in [-0.39, 0.29) is 0 Å². The fourth-order valence-corrected chi connectivity index (χ4v) is 8.57. The Morgan fingerprint density at radius 2 is 1.69 bits per heavy atom. The summed E-state index contributed by atoms with van der Waals surface area (Å²) in [5.41, 5.74) is 4.32. The molecule has 4 aliphatic carbocycles. The summed E-state index contributed by atoms with van der Waals surface area (Å²) < 4.78 is 0. The second kappa shape index (κ2) is 9.15. The molecule has 0 aromatic heterocycles. The molecule has 7 atom stereocenters. The molecular formula is C29H48. The lowest BCUT2D eigenvalue weighted by Crippen LogP contribution is -2.54. The normalized spacial score (nSPS) is 44.9. The minimum Gasteiger partial charge on any atom is -0.103 e. The van der Waals surface area contributed by atoms with E-state index < -0.39 is 0 Å². The van der Waals surface area contributed by atoms with Crippen molar-refractivity contribution in [3.8, 4) is 0 Å². The van der Waals surface area contributed by atoms with Gasteiger partial charge in [0.15, 0.2) is 0 Å². The van der Waals surface area contributed by atoms with Gasteiger partial charge >= 0.3 is 0 Å². The standard InChI is InChI=1S/C27H42.C2H6/c1-6-8-9-12-20-14-15-23-25-19(3)21(7-2)22-13-10-11-17-27(22,5)24(25)16-18-26(20,23)4;1-2/h6-7,20,22-25H,1,3,8-18H2,2,4-5H3;1-2H3/b21-7+;. The highest BCUT2D eigenvalue weighted by molar-refractivity contribution is 5.40. The molecule has 0 radical (unpaired) electrons. The van der Waals surface area contributed by atoms with Gasteiger partial charge in [0.05, 0.1) is 0 Å². The first kappa shape index (κ1) is 22.9. The van der Waals surface area contributed by atoms with E-state index in [1.54, 1.807) is 11.1 Å². The summed E-state index contributed by atoms with van der Waals surface area (Å²) in [5, 5.41) is 0. The van der Waals surface area contributed by atoms with E-state index in [4.69, 9.17) is 6.58 Å². The van der Waals surface area contributed by atoms with Crippen molar-refractivity contribution in [3.05, 3.63) is 36.5 Å². The molecule has 0 aromatic rings. The molecule has 7 unspecified atom stereocenters. The lowest BCUT2D eigenvalue weighted by Gasteiger charge is -2.62. The average molecular weight is 397 g/mol. The molecule has 4 fully saturated rings. The zero-order valence-corrected chi connectivity index (χ0v) is 20.2. The predicted molar refractivity (Wildman–Crippen MR) is 129 cm³/mol. The Hall–Kier alpha value is -0.780. The van der Waals surface area contributed by atoms with Gasteiger partial charge in [0.2, 0.25) is 0 Å². The van der Waals surface area contributed by atoms with E-state index in [9.17, 15) is 0 Å². The van der Waals surface area contributed by atoms with Crippen LogP contribution in [-0.2, 0) is 0 Å². The van der Waals surface area contributed by atoms with Crippen LogP contribution in [0.15, 0.2) is 36.5 Å². The highest BCUT2D eigenvalue weighted by Crippen LogP contribution is 2.69. The molecule has 164 valence electrons. The van der Waals surface area contributed by atoms with Crippen molar-refractivity contribution in [1.82, 2.24) is 0 Å². The maximum Gasteiger partial charge on any atom is -0.00977 e. The van der Waals surface area contributed by atoms with E-state index in [0.29, 0.717) is 10.8 Å². The molecular weight excluding hydrogens is 348 g/mol. The number of fused-ring (bicyclic) bond motifs is 5. The third-order valence-electron chi connectivity index (χ3n) is 9.99. The Morgan fingerprint density at radius 1 is 0.966 bits per heavy atom. The smallest absolute Gasteiger partial charge is 0.00977 e. The topological polar surface area (TPSA) is 0 Å². The van der Waals surface area contributed by atoms with Gasteiger partial charge in [0.1, 0.15) is 0 Å². The lowest BCUT2D eigenvalue weighted by atomic mass is 9.43. The van der Waals surface area contributed by atoms with Crippen LogP contribution in [0.3, 0.4) is 0 Å². The van der Waals surface area contributed by atoms with Crippen molar-refractivity contribution < 1.29 is 0 Å². The van der Waals surface area contributed by atoms with Gasteiger partial charge in [-0.3, -0.25) is 0 Å². The summed E-state index contributed by atoms with van der Waals surface area (Å²) in [7, 11) is 0. The summed E-state index contributed by atoms with van der Waals surface area (Å²) in [6.45, 7) is 20.3. The lowest BCUT2D eigenvalue weighted by molar-refractivity contribution is -0.0696. The first-order chi connectivity index (χ1) is 14.0. The van der Waals surface area contributed by atoms with Gasteiger partial charge in [-0.15, -0.1) is 6.58 Å². The van der Waals surface area contributed by atoms with Gasteiger partial charge < -0.3 is 0 Å². The maximum atomic E-state index is 4.78. The Bertz CT molecular complexity index is 624. The largest absolute Gasteiger partial charge is 0.103 e. The number of rotatable bonds is 4. The molecule has 0 bridgehead atoms. The van der Waals surface area contributed by atoms with Gasteiger partial charge in [-0.25, -0.2) is 0 Å². The summed E-state index contributed by atoms with van der Waals surface area (Å²) in [4.78, 5) is 0. The second-order valence-electron chi connectivity index (χ2n) is 10.9. The van der Waals surface area contributed by atoms with E-state index in [2.05, 4.69) is 39.5 Å². The van der Waals surface area contributed by atoms with Crippen LogP contribution in [0.25, 0.3) is 0 Å². The van der Waals surface area contributed by atoms with Gasteiger partial charge in [-0.2, -0.15) is 0 Å². The van der Waals surface area contributed by atoms with Crippen LogP contribution in [0.2, 0.25) is 0 Å². The molecule has 0 N–H and O–H groups in total. The highest BCUT2D eigenvalue weighted by Gasteiger charge is 2.61. The van der Waals surface area contributed by atoms with E-state index in [0.717, 1.165) is 29.6 Å². The Labute approximate surface area is 182 Å². The van der Waals surface area contributed by atoms with Crippen LogP contribution in [0.4, 0.5) is 0 Å². The summed E-state index contributed by atoms with van der Waals surface area (Å²) in [5.74, 6) is 4.26. The Morgan fingerprint density at radius 3 is 2.38 bits per heavy atom. The molecule has 4 saturated carbocycles. The molecule has 0 nitrogen and oxygen atoms in total. The van der Waals surface area contributed by atoms with E-state index in [1.807, 2.05) is 13.8 Å². The van der Waals surface area contributed by atoms with Crippen LogP contribution in [-0.4, -0.2) is 0 Å². The molecule has 0 saturated heterocycles. The van der Waals surface area contributed by atoms with Crippen molar-refractivity contribution in [2.75, 3.05) is 0 Å². The number of allylic oxidation sites excluding steroid dienone is 4. The monoisotopic (exact) mass is 396 g/mol. The fourth-order valence-electron chi connectivity index (χ4n) is 8.57. The van der Waals surface area contributed by atoms with Crippen molar-refractivity contribution in [3.63, 3.8) is 0 Å². The summed E-state index contributed by atoms with van der Waals surface area (Å²) in [6, 6.07) is 0. The number of unbranched alkanes of at least 4 members (excludes halogenated alkanes) is 1. The molecule has 0 aromatic carbocycles. The molecule has 0 heterocycles. The van der Waals surface area contributed by atoms with E-state index in [1.165, 1.54) is 70.6 Å². The molecule has 0 spiro atoms. The zero-order valence-electron chi connectivity index (χ0n) is 20.2. The molecule has 4 rings (SSSR count). The maximum absolute atomic E-state index is 4.78. The minimum atomic E-state index is 0.536. The summed E-state index contributed by atoms with van der Waals surface area (Å²) >= 11 is 0. The highest BCUT2D eigenvalue weighted by atomic mass is 14.7. The van der Waals surface area contributed by atoms with Gasteiger partial charge in [-0.05, 0) is 116 Å². The van der Waals surface area contributed by atoms with Crippen molar-refractivity contribution in [2.24, 2.45) is 40.4 Å². The van der Waals surface area contributed by atoms with Crippen molar-refractivity contribution in [1.29, 1.82) is 0 Å². The van der Waals surface area contributed by atoms with Crippen LogP contribution in [0.5, 0.6) is 0 Å². The molecule has 0 heteroatoms. The van der Waals surface area contributed by atoms with Crippen molar-refractivity contribution in [2.45, 2.75) is 105 Å². The molecule has 0 amide bonds. The van der Waals surface area contributed by atoms with Crippen molar-refractivity contribution >= 4 is 0 Å². The first-order valence-corrected chi connectivity index (χ1v) is 12.9. The van der Waals surface area contributed by atoms with Crippen LogP contribution >= 0.6 is 0 Å². The number of hydrogen-bond donors (Lipinski definition) is 0. The Balaban J connectivity index is 0.00000117. The van der Waals surface area contributed by atoms with Gasteiger partial charge in [-0.1, -0.05) is 59.3 Å². The van der Waals surface area contributed by atoms with Gasteiger partial charge in [0, 0.05) is 0 Å². The number of hydrogen-bond acceptors (Lipinski definition) is 0. The summed E-state index contributed by atoms with van der Waals surface area (Å²) in [6.07, 6.45) is 20.1. The third kappa shape index (κ3) is 3.61. The van der Waals surface area contributed by atoms with Crippen LogP contribution in [0.1, 0.15) is 105 Å². The predicted octanol–water partition coefficient (Wildman–Crippen LogP) is 9.14. The van der Waals surface area contributed by atoms with Crippen LogP contribution < -0.4 is 0 Å². The molecule has 29 heavy (non-hydrogen) atoms. The molecule has 4 aliphatic rings.